The van der Waals surface area contributed by atoms with Gasteiger partial charge in [0, 0.05) is 23.5 Å². The Morgan fingerprint density at radius 3 is 2.75 bits per heavy atom. The molecule has 0 amide bonds. The van der Waals surface area contributed by atoms with Crippen LogP contribution in [-0.4, -0.2) is 30.1 Å². The van der Waals surface area contributed by atoms with Gasteiger partial charge in [-0.25, -0.2) is 14.4 Å². The number of nitrogens with zero attached hydrogens (tertiary/aromatic N) is 4. The molecule has 6 nitrogen and oxygen atoms in total. The predicted octanol–water partition coefficient (Wildman–Crippen LogP) is 5.85. The van der Waals surface area contributed by atoms with Crippen molar-refractivity contribution in [2.75, 3.05) is 0 Å². The van der Waals surface area contributed by atoms with Crippen molar-refractivity contribution in [2.45, 2.75) is 6.92 Å². The van der Waals surface area contributed by atoms with E-state index in [9.17, 15) is 4.39 Å². The summed E-state index contributed by atoms with van der Waals surface area (Å²) in [6.07, 6.45) is 11.2. The minimum absolute atomic E-state index is 0.293. The molecule has 0 unspecified atom stereocenters. The largest absolute Gasteiger partial charge is 0.337 e. The van der Waals surface area contributed by atoms with E-state index in [1.165, 1.54) is 12.1 Å². The first kappa shape index (κ1) is 19.6. The summed E-state index contributed by atoms with van der Waals surface area (Å²) in [5, 5.41) is 8.19. The summed E-state index contributed by atoms with van der Waals surface area (Å²) < 4.78 is 13.4. The van der Waals surface area contributed by atoms with Gasteiger partial charge in [-0.1, -0.05) is 30.9 Å². The monoisotopic (exact) mass is 422 g/mol. The number of fused-ring (bicyclic) bond motifs is 2. The van der Waals surface area contributed by atoms with Crippen LogP contribution >= 0.6 is 0 Å². The molecule has 0 radical (unpaired) electrons. The molecule has 0 saturated heterocycles. The molecule has 4 aromatic heterocycles. The maximum absolute atomic E-state index is 13.4. The van der Waals surface area contributed by atoms with Gasteiger partial charge in [-0.2, -0.15) is 5.10 Å². The van der Waals surface area contributed by atoms with Crippen LogP contribution in [0.2, 0.25) is 0 Å². The third-order valence-electron chi connectivity index (χ3n) is 5.14. The summed E-state index contributed by atoms with van der Waals surface area (Å²) in [4.78, 5) is 17.0. The maximum Gasteiger partial charge on any atom is 0.181 e. The molecule has 0 aliphatic rings. The molecule has 4 heterocycles. The summed E-state index contributed by atoms with van der Waals surface area (Å²) in [5.41, 5.74) is 6.03. The van der Waals surface area contributed by atoms with Crippen LogP contribution in [0.1, 0.15) is 12.5 Å². The molecule has 0 fully saturated rings. The van der Waals surface area contributed by atoms with Crippen LogP contribution in [0, 0.1) is 5.82 Å². The number of hydrogen-bond acceptors (Lipinski definition) is 4. The Bertz CT molecular complexity index is 1510. The van der Waals surface area contributed by atoms with Gasteiger partial charge in [0.2, 0.25) is 0 Å². The first-order valence-electron chi connectivity index (χ1n) is 10.1. The Morgan fingerprint density at radius 1 is 1.09 bits per heavy atom. The smallest absolute Gasteiger partial charge is 0.181 e. The molecular weight excluding hydrogens is 403 g/mol. The molecule has 5 aromatic rings. The number of halogens is 1. The van der Waals surface area contributed by atoms with Gasteiger partial charge in [0.05, 0.1) is 16.6 Å². The number of aromatic nitrogens is 6. The van der Waals surface area contributed by atoms with E-state index in [4.69, 9.17) is 4.98 Å². The van der Waals surface area contributed by atoms with Crippen molar-refractivity contribution >= 4 is 27.6 Å². The van der Waals surface area contributed by atoms with Gasteiger partial charge in [0.25, 0.3) is 0 Å². The fourth-order valence-electron chi connectivity index (χ4n) is 3.51. The standard InChI is InChI=1S/C25H19FN6/c1-3-4-5-6-15(2)17-13-19-22(31-32-24(19)28-14-17)25-29-20-11-12-27-21(23(20)30-25)16-7-9-18(26)10-8-16/h3-14H,2H2,1H3,(H,29,30)(H,28,31,32)/b4-3-,6-5-. The number of allylic oxidation sites excluding steroid dienone is 5. The van der Waals surface area contributed by atoms with E-state index < -0.39 is 0 Å². The Labute approximate surface area is 183 Å². The van der Waals surface area contributed by atoms with Crippen LogP contribution in [0.4, 0.5) is 4.39 Å². The van der Waals surface area contributed by atoms with Crippen molar-refractivity contribution in [1.29, 1.82) is 0 Å². The summed E-state index contributed by atoms with van der Waals surface area (Å²) in [6.45, 7) is 6.09. The van der Waals surface area contributed by atoms with E-state index in [-0.39, 0.29) is 5.82 Å². The minimum Gasteiger partial charge on any atom is -0.337 e. The Hall–Kier alpha value is -4.39. The second-order valence-corrected chi connectivity index (χ2v) is 7.25. The molecule has 7 heteroatoms. The van der Waals surface area contributed by atoms with Gasteiger partial charge < -0.3 is 4.98 Å². The lowest BCUT2D eigenvalue weighted by Crippen LogP contribution is -1.86. The Balaban J connectivity index is 1.60. The first-order valence-corrected chi connectivity index (χ1v) is 10.1. The van der Waals surface area contributed by atoms with Crippen molar-refractivity contribution in [1.82, 2.24) is 30.1 Å². The summed E-state index contributed by atoms with van der Waals surface area (Å²) in [5.74, 6) is 0.325. The number of hydrogen-bond donors (Lipinski definition) is 2. The van der Waals surface area contributed by atoms with Gasteiger partial charge in [0.15, 0.2) is 11.5 Å². The highest BCUT2D eigenvalue weighted by atomic mass is 19.1. The van der Waals surface area contributed by atoms with Crippen molar-refractivity contribution in [3.05, 3.63) is 91.1 Å². The molecule has 0 aliphatic heterocycles. The molecule has 1 aromatic carbocycles. The van der Waals surface area contributed by atoms with Crippen molar-refractivity contribution < 1.29 is 4.39 Å². The van der Waals surface area contributed by atoms with Crippen molar-refractivity contribution in [3.63, 3.8) is 0 Å². The zero-order valence-corrected chi connectivity index (χ0v) is 17.3. The summed E-state index contributed by atoms with van der Waals surface area (Å²) in [6, 6.07) is 10.1. The Kier molecular flexibility index (Phi) is 4.91. The number of nitrogens with one attached hydrogen (secondary N) is 2. The SMILES string of the molecule is C=C(/C=C\C=C/C)c1cnc2n[nH]c(-c3nc4c(-c5ccc(F)cc5)nccc4[nH]3)c2c1. The van der Waals surface area contributed by atoms with E-state index in [0.29, 0.717) is 22.7 Å². The molecular formula is C25H19FN6. The molecule has 32 heavy (non-hydrogen) atoms. The minimum atomic E-state index is -0.293. The lowest BCUT2D eigenvalue weighted by molar-refractivity contribution is 0.628. The molecule has 5 rings (SSSR count). The second-order valence-electron chi connectivity index (χ2n) is 7.25. The predicted molar refractivity (Wildman–Crippen MR) is 125 cm³/mol. The number of rotatable bonds is 5. The maximum atomic E-state index is 13.4. The van der Waals surface area contributed by atoms with Crippen molar-refractivity contribution in [2.24, 2.45) is 0 Å². The van der Waals surface area contributed by atoms with Crippen LogP contribution in [0.5, 0.6) is 0 Å². The van der Waals surface area contributed by atoms with E-state index in [2.05, 4.69) is 31.7 Å². The third-order valence-corrected chi connectivity index (χ3v) is 5.14. The van der Waals surface area contributed by atoms with Crippen LogP contribution in [0.25, 0.3) is 50.4 Å². The van der Waals surface area contributed by atoms with E-state index in [1.807, 2.05) is 43.4 Å². The molecule has 2 N–H and O–H groups in total. The third kappa shape index (κ3) is 3.50. The highest BCUT2D eigenvalue weighted by molar-refractivity contribution is 5.96. The van der Waals surface area contributed by atoms with Crippen LogP contribution in [-0.2, 0) is 0 Å². The highest BCUT2D eigenvalue weighted by Gasteiger charge is 2.16. The van der Waals surface area contributed by atoms with Crippen LogP contribution in [0.15, 0.2) is 79.7 Å². The van der Waals surface area contributed by atoms with Gasteiger partial charge >= 0.3 is 0 Å². The highest BCUT2D eigenvalue weighted by Crippen LogP contribution is 2.30. The quantitative estimate of drug-likeness (QED) is 0.348. The average Bonchev–Trinajstić information content (AvgIpc) is 3.43. The molecule has 0 atom stereocenters. The molecule has 0 spiro atoms. The fourth-order valence-corrected chi connectivity index (χ4v) is 3.51. The number of benzene rings is 1. The lowest BCUT2D eigenvalue weighted by atomic mass is 10.1. The summed E-state index contributed by atoms with van der Waals surface area (Å²) >= 11 is 0. The van der Waals surface area contributed by atoms with E-state index in [1.54, 1.807) is 24.5 Å². The van der Waals surface area contributed by atoms with Gasteiger partial charge in [-0.15, -0.1) is 0 Å². The summed E-state index contributed by atoms with van der Waals surface area (Å²) in [7, 11) is 0. The zero-order chi connectivity index (χ0) is 22.1. The van der Waals surface area contributed by atoms with E-state index in [0.717, 1.165) is 33.3 Å². The molecule has 0 bridgehead atoms. The number of H-pyrrole nitrogens is 2. The van der Waals surface area contributed by atoms with E-state index >= 15 is 0 Å². The van der Waals surface area contributed by atoms with Gasteiger partial charge in [0.1, 0.15) is 17.0 Å². The lowest BCUT2D eigenvalue weighted by Gasteiger charge is -2.01. The van der Waals surface area contributed by atoms with Crippen LogP contribution < -0.4 is 0 Å². The number of imidazole rings is 1. The molecule has 0 aliphatic carbocycles. The molecule has 0 saturated carbocycles. The normalized spacial score (nSPS) is 11.9. The molecule has 156 valence electrons. The average molecular weight is 422 g/mol. The Morgan fingerprint density at radius 2 is 1.94 bits per heavy atom. The first-order chi connectivity index (χ1) is 15.6. The zero-order valence-electron chi connectivity index (χ0n) is 17.3. The second kappa shape index (κ2) is 8.03. The van der Waals surface area contributed by atoms with Crippen molar-refractivity contribution in [3.8, 4) is 22.8 Å². The fraction of sp³-hybridized carbons (Fsp3) is 0.0400. The topological polar surface area (TPSA) is 83.1 Å². The van der Waals surface area contributed by atoms with Gasteiger partial charge in [-0.3, -0.25) is 10.1 Å². The number of pyridine rings is 2. The van der Waals surface area contributed by atoms with Gasteiger partial charge in [-0.05, 0) is 48.9 Å². The number of aromatic amines is 2. The van der Waals surface area contributed by atoms with Crippen LogP contribution in [0.3, 0.4) is 0 Å².